The first-order chi connectivity index (χ1) is 13.0. The van der Waals surface area contributed by atoms with E-state index in [1.807, 2.05) is 11.8 Å². The summed E-state index contributed by atoms with van der Waals surface area (Å²) in [6.45, 7) is 9.19. The van der Waals surface area contributed by atoms with Gasteiger partial charge in [0.25, 0.3) is 0 Å². The maximum atomic E-state index is 12.9. The van der Waals surface area contributed by atoms with Crippen LogP contribution in [-0.2, 0) is 4.79 Å². The quantitative estimate of drug-likeness (QED) is 0.545. The van der Waals surface area contributed by atoms with E-state index in [-0.39, 0.29) is 17.8 Å². The summed E-state index contributed by atoms with van der Waals surface area (Å²) >= 11 is 0. The summed E-state index contributed by atoms with van der Waals surface area (Å²) < 4.78 is 18.7. The minimum absolute atomic E-state index is 0.0892. The molecule has 0 aliphatic carbocycles. The summed E-state index contributed by atoms with van der Waals surface area (Å²) in [5.41, 5.74) is 0. The fourth-order valence-electron chi connectivity index (χ4n) is 2.87. The molecule has 2 rings (SSSR count). The highest BCUT2D eigenvalue weighted by atomic mass is 19.1. The number of carbonyl (C=O) groups excluding carboxylic acids is 1. The fourth-order valence-corrected chi connectivity index (χ4v) is 2.87. The number of halogens is 1. The smallest absolute Gasteiger partial charge is 0.219 e. The topological polar surface area (TPSA) is 69.2 Å². The molecule has 1 unspecified atom stereocenters. The van der Waals surface area contributed by atoms with Gasteiger partial charge in [-0.2, -0.15) is 0 Å². The normalized spacial score (nSPS) is 16.7. The molecule has 0 spiro atoms. The lowest BCUT2D eigenvalue weighted by Crippen LogP contribution is -2.50. The van der Waals surface area contributed by atoms with Crippen LogP contribution in [0.15, 0.2) is 29.3 Å². The molecule has 1 aliphatic rings. The first-order valence-electron chi connectivity index (χ1n) is 9.32. The van der Waals surface area contributed by atoms with Crippen molar-refractivity contribution in [3.05, 3.63) is 30.1 Å². The average Bonchev–Trinajstić information content (AvgIpc) is 2.66. The Morgan fingerprint density at radius 2 is 1.89 bits per heavy atom. The van der Waals surface area contributed by atoms with Crippen LogP contribution in [-0.4, -0.2) is 80.6 Å². The van der Waals surface area contributed by atoms with Gasteiger partial charge in [0.05, 0.1) is 6.54 Å². The number of guanidine groups is 1. The summed E-state index contributed by atoms with van der Waals surface area (Å²) in [6, 6.07) is 5.99. The van der Waals surface area contributed by atoms with Crippen LogP contribution in [0.4, 0.5) is 4.39 Å². The summed E-state index contributed by atoms with van der Waals surface area (Å²) in [5.74, 6) is 1.22. The lowest BCUT2D eigenvalue weighted by atomic mass is 10.3. The summed E-state index contributed by atoms with van der Waals surface area (Å²) in [4.78, 5) is 19.8. The third-order valence-electron chi connectivity index (χ3n) is 4.47. The number of nitrogens with one attached hydrogen (secondary N) is 2. The molecule has 0 bridgehead atoms. The Bertz CT molecular complexity index is 615. The van der Waals surface area contributed by atoms with E-state index in [9.17, 15) is 9.18 Å². The van der Waals surface area contributed by atoms with Gasteiger partial charge in [-0.3, -0.25) is 14.7 Å². The first kappa shape index (κ1) is 21.0. The van der Waals surface area contributed by atoms with E-state index in [2.05, 4.69) is 20.5 Å². The predicted octanol–water partition coefficient (Wildman–Crippen LogP) is 0.922. The van der Waals surface area contributed by atoms with Gasteiger partial charge in [0.2, 0.25) is 5.91 Å². The van der Waals surface area contributed by atoms with E-state index in [0.29, 0.717) is 18.3 Å². The molecule has 1 fully saturated rings. The second-order valence-corrected chi connectivity index (χ2v) is 6.61. The van der Waals surface area contributed by atoms with E-state index >= 15 is 0 Å². The molecule has 0 aromatic heterocycles. The number of benzene rings is 1. The van der Waals surface area contributed by atoms with Gasteiger partial charge in [-0.15, -0.1) is 0 Å². The van der Waals surface area contributed by atoms with Crippen LogP contribution in [0, 0.1) is 5.82 Å². The highest BCUT2D eigenvalue weighted by Gasteiger charge is 2.18. The average molecular weight is 379 g/mol. The largest absolute Gasteiger partial charge is 0.489 e. The SMILES string of the molecule is CN=C(NCCN1CCN(C(C)=O)CC1)NCC(C)Oc1ccc(F)cc1. The molecule has 1 aromatic carbocycles. The number of piperazine rings is 1. The number of aliphatic imine (C=N–C) groups is 1. The number of nitrogens with zero attached hydrogens (tertiary/aromatic N) is 3. The maximum Gasteiger partial charge on any atom is 0.219 e. The number of hydrogen-bond acceptors (Lipinski definition) is 4. The van der Waals surface area contributed by atoms with Gasteiger partial charge in [-0.1, -0.05) is 0 Å². The molecule has 150 valence electrons. The standard InChI is InChI=1S/C19H30FN5O2/c1-15(27-18-6-4-17(20)5-7-18)14-23-19(21-3)22-8-9-24-10-12-25(13-11-24)16(2)26/h4-7,15H,8-14H2,1-3H3,(H2,21,22,23). The molecule has 0 radical (unpaired) electrons. The summed E-state index contributed by atoms with van der Waals surface area (Å²) in [6.07, 6.45) is -0.0892. The van der Waals surface area contributed by atoms with Crippen molar-refractivity contribution >= 4 is 11.9 Å². The lowest BCUT2D eigenvalue weighted by Gasteiger charge is -2.34. The number of amides is 1. The molecule has 27 heavy (non-hydrogen) atoms. The van der Waals surface area contributed by atoms with Crippen molar-refractivity contribution < 1.29 is 13.9 Å². The van der Waals surface area contributed by atoms with Crippen LogP contribution in [0.3, 0.4) is 0 Å². The Labute approximate surface area is 160 Å². The van der Waals surface area contributed by atoms with Crippen molar-refractivity contribution in [1.29, 1.82) is 0 Å². The van der Waals surface area contributed by atoms with Gasteiger partial charge < -0.3 is 20.3 Å². The second kappa shape index (κ2) is 10.7. The number of hydrogen-bond donors (Lipinski definition) is 2. The van der Waals surface area contributed by atoms with E-state index in [4.69, 9.17) is 4.74 Å². The second-order valence-electron chi connectivity index (χ2n) is 6.61. The summed E-state index contributed by atoms with van der Waals surface area (Å²) in [5, 5.41) is 6.52. The number of ether oxygens (including phenoxy) is 1. The van der Waals surface area contributed by atoms with Crippen molar-refractivity contribution in [2.45, 2.75) is 20.0 Å². The Balaban J connectivity index is 1.62. The monoisotopic (exact) mass is 379 g/mol. The van der Waals surface area contributed by atoms with Gasteiger partial charge in [0.1, 0.15) is 17.7 Å². The van der Waals surface area contributed by atoms with E-state index in [1.165, 1.54) is 12.1 Å². The molecule has 1 aromatic rings. The Kier molecular flexibility index (Phi) is 8.32. The van der Waals surface area contributed by atoms with Crippen molar-refractivity contribution in [3.63, 3.8) is 0 Å². The van der Waals surface area contributed by atoms with E-state index < -0.39 is 0 Å². The molecule has 2 N–H and O–H groups in total. The van der Waals surface area contributed by atoms with Crippen molar-refractivity contribution in [3.8, 4) is 5.75 Å². The number of rotatable bonds is 7. The third-order valence-corrected chi connectivity index (χ3v) is 4.47. The Hall–Kier alpha value is -2.35. The number of carbonyl (C=O) groups is 1. The van der Waals surface area contributed by atoms with Crippen LogP contribution in [0.25, 0.3) is 0 Å². The van der Waals surface area contributed by atoms with Crippen molar-refractivity contribution in [2.75, 3.05) is 52.9 Å². The lowest BCUT2D eigenvalue weighted by molar-refractivity contribution is -0.130. The van der Waals surface area contributed by atoms with E-state index in [1.54, 1.807) is 26.1 Å². The van der Waals surface area contributed by atoms with Gasteiger partial charge in [-0.05, 0) is 31.2 Å². The van der Waals surface area contributed by atoms with Gasteiger partial charge in [0.15, 0.2) is 5.96 Å². The zero-order valence-electron chi connectivity index (χ0n) is 16.4. The fraction of sp³-hybridized carbons (Fsp3) is 0.579. The molecule has 7 nitrogen and oxygen atoms in total. The third kappa shape index (κ3) is 7.42. The molecule has 0 saturated carbocycles. The Morgan fingerprint density at radius 3 is 2.48 bits per heavy atom. The van der Waals surface area contributed by atoms with Crippen LogP contribution in [0.5, 0.6) is 5.75 Å². The van der Waals surface area contributed by atoms with Crippen LogP contribution >= 0.6 is 0 Å². The van der Waals surface area contributed by atoms with E-state index in [0.717, 1.165) is 39.3 Å². The first-order valence-corrected chi connectivity index (χ1v) is 9.32. The Morgan fingerprint density at radius 1 is 1.22 bits per heavy atom. The van der Waals surface area contributed by atoms with Crippen molar-refractivity contribution in [1.82, 2.24) is 20.4 Å². The highest BCUT2D eigenvalue weighted by Crippen LogP contribution is 2.12. The van der Waals surface area contributed by atoms with Gasteiger partial charge in [0, 0.05) is 53.2 Å². The van der Waals surface area contributed by atoms with Crippen LogP contribution < -0.4 is 15.4 Å². The molecule has 1 aliphatic heterocycles. The molecule has 1 saturated heterocycles. The summed E-state index contributed by atoms with van der Waals surface area (Å²) in [7, 11) is 1.73. The minimum atomic E-state index is -0.277. The highest BCUT2D eigenvalue weighted by molar-refractivity contribution is 5.79. The van der Waals surface area contributed by atoms with Crippen LogP contribution in [0.1, 0.15) is 13.8 Å². The maximum absolute atomic E-state index is 12.9. The predicted molar refractivity (Wildman–Crippen MR) is 105 cm³/mol. The molecule has 1 amide bonds. The van der Waals surface area contributed by atoms with Crippen LogP contribution in [0.2, 0.25) is 0 Å². The van der Waals surface area contributed by atoms with Gasteiger partial charge in [-0.25, -0.2) is 4.39 Å². The molecule has 8 heteroatoms. The van der Waals surface area contributed by atoms with Crippen molar-refractivity contribution in [2.24, 2.45) is 4.99 Å². The molecule has 1 heterocycles. The molecular weight excluding hydrogens is 349 g/mol. The molecule has 1 atom stereocenters. The zero-order valence-corrected chi connectivity index (χ0v) is 16.4. The molecular formula is C19H30FN5O2. The minimum Gasteiger partial charge on any atom is -0.489 e. The van der Waals surface area contributed by atoms with Gasteiger partial charge >= 0.3 is 0 Å². The zero-order chi connectivity index (χ0) is 19.6.